The fourth-order valence-electron chi connectivity index (χ4n) is 0.764. The molecule has 1 atom stereocenters. The van der Waals surface area contributed by atoms with Crippen LogP contribution < -0.4 is 11.1 Å². The highest BCUT2D eigenvalue weighted by atomic mass is 16.4. The summed E-state index contributed by atoms with van der Waals surface area (Å²) in [7, 11) is 1.32. The quantitative estimate of drug-likeness (QED) is 0.433. The lowest BCUT2D eigenvalue weighted by Gasteiger charge is -2.21. The van der Waals surface area contributed by atoms with Crippen molar-refractivity contribution in [3.63, 3.8) is 0 Å². The summed E-state index contributed by atoms with van der Waals surface area (Å²) in [4.78, 5) is 33.2. The van der Waals surface area contributed by atoms with Crippen molar-refractivity contribution in [2.75, 3.05) is 20.1 Å². The van der Waals surface area contributed by atoms with E-state index in [1.165, 1.54) is 7.05 Å². The maximum absolute atomic E-state index is 11.3. The van der Waals surface area contributed by atoms with Gasteiger partial charge in [-0.3, -0.25) is 4.79 Å². The lowest BCUT2D eigenvalue weighted by atomic mass is 10.1. The molecule has 0 aromatic rings. The summed E-state index contributed by atoms with van der Waals surface area (Å²) in [5.41, 5.74) is 2.80. The van der Waals surface area contributed by atoms with Crippen LogP contribution in [0.15, 0.2) is 0 Å². The van der Waals surface area contributed by atoms with Gasteiger partial charge in [0.25, 0.3) is 0 Å². The van der Waals surface area contributed by atoms with Crippen LogP contribution in [0.4, 0.5) is 4.79 Å². The molecular weight excluding hydrogens is 218 g/mol. The summed E-state index contributed by atoms with van der Waals surface area (Å²) in [5, 5.41) is 20.0. The first-order valence-electron chi connectivity index (χ1n) is 4.40. The normalized spacial score (nSPS) is 13.7. The van der Waals surface area contributed by atoms with Crippen LogP contribution in [0.25, 0.3) is 0 Å². The van der Waals surface area contributed by atoms with Gasteiger partial charge in [0.1, 0.15) is 6.54 Å². The molecule has 0 aliphatic heterocycles. The number of hydrogen-bond donors (Lipinski definition) is 4. The molecule has 0 spiro atoms. The molecule has 1 unspecified atom stereocenters. The Morgan fingerprint density at radius 1 is 1.44 bits per heavy atom. The van der Waals surface area contributed by atoms with E-state index in [0.29, 0.717) is 0 Å². The molecule has 92 valence electrons. The first kappa shape index (κ1) is 14.2. The predicted molar refractivity (Wildman–Crippen MR) is 53.5 cm³/mol. The van der Waals surface area contributed by atoms with Crippen molar-refractivity contribution in [3.8, 4) is 0 Å². The van der Waals surface area contributed by atoms with Gasteiger partial charge in [-0.2, -0.15) is 0 Å². The highest BCUT2D eigenvalue weighted by molar-refractivity contribution is 5.83. The SMILES string of the molecule is CN(CC(N)=O)C(=O)NCC(C)(O)C(=O)O. The summed E-state index contributed by atoms with van der Waals surface area (Å²) in [6.07, 6.45) is 0. The van der Waals surface area contributed by atoms with Crippen LogP contribution in [0.2, 0.25) is 0 Å². The topological polar surface area (TPSA) is 133 Å². The van der Waals surface area contributed by atoms with Gasteiger partial charge < -0.3 is 26.2 Å². The average molecular weight is 233 g/mol. The molecule has 3 amide bonds. The van der Waals surface area contributed by atoms with E-state index in [1.807, 2.05) is 0 Å². The first-order chi connectivity index (χ1) is 7.16. The third-order valence-electron chi connectivity index (χ3n) is 1.78. The van der Waals surface area contributed by atoms with Crippen LogP contribution >= 0.6 is 0 Å². The molecule has 0 radical (unpaired) electrons. The number of amides is 3. The Balaban J connectivity index is 4.17. The van der Waals surface area contributed by atoms with Gasteiger partial charge in [-0.1, -0.05) is 0 Å². The number of nitrogens with zero attached hydrogens (tertiary/aromatic N) is 1. The molecule has 0 fully saturated rings. The van der Waals surface area contributed by atoms with Crippen LogP contribution in [0.3, 0.4) is 0 Å². The second-order valence-corrected chi connectivity index (χ2v) is 3.56. The van der Waals surface area contributed by atoms with E-state index < -0.39 is 30.1 Å². The highest BCUT2D eigenvalue weighted by Gasteiger charge is 2.30. The van der Waals surface area contributed by atoms with E-state index >= 15 is 0 Å². The fraction of sp³-hybridized carbons (Fsp3) is 0.625. The molecule has 0 heterocycles. The maximum atomic E-state index is 11.3. The zero-order chi connectivity index (χ0) is 12.9. The number of hydrogen-bond acceptors (Lipinski definition) is 4. The maximum Gasteiger partial charge on any atom is 0.337 e. The van der Waals surface area contributed by atoms with Gasteiger partial charge in [-0.05, 0) is 6.92 Å². The van der Waals surface area contributed by atoms with Crippen molar-refractivity contribution in [2.45, 2.75) is 12.5 Å². The molecule has 0 aromatic carbocycles. The minimum absolute atomic E-state index is 0.291. The molecule has 0 aliphatic rings. The molecule has 8 heteroatoms. The van der Waals surface area contributed by atoms with Crippen molar-refractivity contribution in [2.24, 2.45) is 5.73 Å². The van der Waals surface area contributed by atoms with Crippen LogP contribution in [0.1, 0.15) is 6.92 Å². The Labute approximate surface area is 92.0 Å². The zero-order valence-corrected chi connectivity index (χ0v) is 9.06. The van der Waals surface area contributed by atoms with Gasteiger partial charge in [0, 0.05) is 7.05 Å². The Kier molecular flexibility index (Phi) is 4.70. The van der Waals surface area contributed by atoms with Crippen LogP contribution in [-0.4, -0.2) is 58.8 Å². The molecule has 0 bridgehead atoms. The second kappa shape index (κ2) is 5.31. The van der Waals surface area contributed by atoms with Crippen LogP contribution in [-0.2, 0) is 9.59 Å². The van der Waals surface area contributed by atoms with E-state index in [1.54, 1.807) is 0 Å². The first-order valence-corrected chi connectivity index (χ1v) is 4.40. The number of carbonyl (C=O) groups is 3. The van der Waals surface area contributed by atoms with Gasteiger partial charge in [-0.25, -0.2) is 9.59 Å². The fourth-order valence-corrected chi connectivity index (χ4v) is 0.764. The van der Waals surface area contributed by atoms with Crippen molar-refractivity contribution in [1.29, 1.82) is 0 Å². The van der Waals surface area contributed by atoms with Gasteiger partial charge >= 0.3 is 12.0 Å². The predicted octanol–water partition coefficient (Wildman–Crippen LogP) is -2.05. The lowest BCUT2D eigenvalue weighted by molar-refractivity contribution is -0.155. The Morgan fingerprint density at radius 2 is 1.94 bits per heavy atom. The number of rotatable bonds is 5. The summed E-state index contributed by atoms with van der Waals surface area (Å²) in [6, 6.07) is -0.694. The van der Waals surface area contributed by atoms with E-state index in [2.05, 4.69) is 5.32 Å². The van der Waals surface area contributed by atoms with Gasteiger partial charge in [0.15, 0.2) is 5.60 Å². The molecule has 5 N–H and O–H groups in total. The molecule has 0 rings (SSSR count). The number of aliphatic hydroxyl groups is 1. The standard InChI is InChI=1S/C8H15N3O5/c1-8(16,6(13)14)4-10-7(15)11(2)3-5(9)12/h16H,3-4H2,1-2H3,(H2,9,12)(H,10,15)(H,13,14). The second-order valence-electron chi connectivity index (χ2n) is 3.56. The van der Waals surface area contributed by atoms with Crippen molar-refractivity contribution in [1.82, 2.24) is 10.2 Å². The zero-order valence-electron chi connectivity index (χ0n) is 9.06. The number of likely N-dealkylation sites (N-methyl/N-ethyl adjacent to an activating group) is 1. The van der Waals surface area contributed by atoms with E-state index in [4.69, 9.17) is 10.8 Å². The number of carbonyl (C=O) groups excluding carboxylic acids is 2. The van der Waals surface area contributed by atoms with Crippen molar-refractivity contribution < 1.29 is 24.6 Å². The summed E-state index contributed by atoms with van der Waals surface area (Å²) >= 11 is 0. The number of carboxylic acid groups (broad SMARTS) is 1. The molecule has 0 aliphatic carbocycles. The van der Waals surface area contributed by atoms with Gasteiger partial charge in [0.05, 0.1) is 6.54 Å². The number of nitrogens with two attached hydrogens (primary N) is 1. The van der Waals surface area contributed by atoms with Crippen LogP contribution in [0, 0.1) is 0 Å². The Bertz CT molecular complexity index is 302. The third kappa shape index (κ3) is 4.60. The van der Waals surface area contributed by atoms with Crippen molar-refractivity contribution >= 4 is 17.9 Å². The minimum Gasteiger partial charge on any atom is -0.479 e. The van der Waals surface area contributed by atoms with E-state index in [9.17, 15) is 19.5 Å². The monoisotopic (exact) mass is 233 g/mol. The molecule has 16 heavy (non-hydrogen) atoms. The Hall–Kier alpha value is -1.83. The summed E-state index contributed by atoms with van der Waals surface area (Å²) < 4.78 is 0. The minimum atomic E-state index is -2.05. The molecular formula is C8H15N3O5. The highest BCUT2D eigenvalue weighted by Crippen LogP contribution is 2.00. The van der Waals surface area contributed by atoms with Crippen LogP contribution in [0.5, 0.6) is 0 Å². The summed E-state index contributed by atoms with van der Waals surface area (Å²) in [5.74, 6) is -2.15. The number of urea groups is 1. The van der Waals surface area contributed by atoms with Crippen molar-refractivity contribution in [3.05, 3.63) is 0 Å². The summed E-state index contributed by atoms with van der Waals surface area (Å²) in [6.45, 7) is 0.287. The van der Waals surface area contributed by atoms with Gasteiger partial charge in [0.2, 0.25) is 5.91 Å². The largest absolute Gasteiger partial charge is 0.479 e. The van der Waals surface area contributed by atoms with E-state index in [0.717, 1.165) is 11.8 Å². The third-order valence-corrected chi connectivity index (χ3v) is 1.78. The average Bonchev–Trinajstić information content (AvgIpc) is 2.12. The van der Waals surface area contributed by atoms with Gasteiger partial charge in [-0.15, -0.1) is 0 Å². The lowest BCUT2D eigenvalue weighted by Crippen LogP contribution is -2.50. The smallest absolute Gasteiger partial charge is 0.337 e. The molecule has 0 saturated carbocycles. The number of nitrogens with one attached hydrogen (secondary N) is 1. The Morgan fingerprint density at radius 3 is 2.31 bits per heavy atom. The number of primary amides is 1. The molecule has 0 saturated heterocycles. The molecule has 0 aromatic heterocycles. The number of aliphatic carboxylic acids is 1. The number of carboxylic acids is 1. The van der Waals surface area contributed by atoms with E-state index in [-0.39, 0.29) is 6.54 Å². The molecule has 8 nitrogen and oxygen atoms in total.